The molecule has 1 aromatic rings. The lowest BCUT2D eigenvalue weighted by Crippen LogP contribution is -2.24. The van der Waals surface area contributed by atoms with E-state index in [4.69, 9.17) is 4.74 Å². The van der Waals surface area contributed by atoms with Gasteiger partial charge >= 0.3 is 0 Å². The number of imide groups is 1. The molecule has 1 aliphatic rings. The molecule has 0 spiro atoms. The molecule has 17 heavy (non-hydrogen) atoms. The molecular formula is C12H10N2O3. The van der Waals surface area contributed by atoms with Gasteiger partial charge in [-0.05, 0) is 29.8 Å². The minimum atomic E-state index is -0.431. The predicted molar refractivity (Wildman–Crippen MR) is 61.6 cm³/mol. The van der Waals surface area contributed by atoms with Gasteiger partial charge in [-0.2, -0.15) is 10.1 Å². The van der Waals surface area contributed by atoms with Crippen LogP contribution in [0.3, 0.4) is 0 Å². The van der Waals surface area contributed by atoms with Gasteiger partial charge in [0.2, 0.25) is 0 Å². The second kappa shape index (κ2) is 4.61. The second-order valence-electron chi connectivity index (χ2n) is 3.34. The Balaban J connectivity index is 2.10. The SMILES string of the molecule is COc1ccc(/C=N/N2C(=O)C=CC2=O)cc1. The van der Waals surface area contributed by atoms with Crippen molar-refractivity contribution >= 4 is 18.0 Å². The Morgan fingerprint density at radius 3 is 2.24 bits per heavy atom. The second-order valence-corrected chi connectivity index (χ2v) is 3.34. The normalized spacial score (nSPS) is 15.0. The molecule has 0 fully saturated rings. The van der Waals surface area contributed by atoms with Gasteiger partial charge in [0.1, 0.15) is 5.75 Å². The van der Waals surface area contributed by atoms with Crippen molar-refractivity contribution in [3.8, 4) is 5.75 Å². The van der Waals surface area contributed by atoms with E-state index in [1.54, 1.807) is 31.4 Å². The first-order valence-electron chi connectivity index (χ1n) is 4.95. The van der Waals surface area contributed by atoms with E-state index in [-0.39, 0.29) is 0 Å². The number of hydrogen-bond donors (Lipinski definition) is 0. The van der Waals surface area contributed by atoms with E-state index in [1.807, 2.05) is 0 Å². The molecule has 5 heteroatoms. The van der Waals surface area contributed by atoms with E-state index in [0.29, 0.717) is 0 Å². The van der Waals surface area contributed by atoms with Crippen LogP contribution < -0.4 is 4.74 Å². The third-order valence-corrected chi connectivity index (χ3v) is 2.22. The molecule has 0 radical (unpaired) electrons. The fourth-order valence-electron chi connectivity index (χ4n) is 1.32. The summed E-state index contributed by atoms with van der Waals surface area (Å²) < 4.78 is 5.01. The highest BCUT2D eigenvalue weighted by molar-refractivity contribution is 6.13. The van der Waals surface area contributed by atoms with E-state index in [2.05, 4.69) is 5.10 Å². The lowest BCUT2D eigenvalue weighted by molar-refractivity contribution is -0.136. The van der Waals surface area contributed by atoms with Gasteiger partial charge in [0.05, 0.1) is 13.3 Å². The van der Waals surface area contributed by atoms with Gasteiger partial charge in [0.15, 0.2) is 0 Å². The Bertz CT molecular complexity index is 485. The zero-order valence-corrected chi connectivity index (χ0v) is 9.16. The third-order valence-electron chi connectivity index (χ3n) is 2.22. The number of nitrogens with zero attached hydrogens (tertiary/aromatic N) is 2. The third kappa shape index (κ3) is 2.39. The minimum Gasteiger partial charge on any atom is -0.497 e. The predicted octanol–water partition coefficient (Wildman–Crippen LogP) is 0.954. The molecule has 0 bridgehead atoms. The summed E-state index contributed by atoms with van der Waals surface area (Å²) in [5.41, 5.74) is 0.776. The maximum atomic E-state index is 11.2. The van der Waals surface area contributed by atoms with E-state index in [0.717, 1.165) is 16.3 Å². The van der Waals surface area contributed by atoms with Crippen LogP contribution in [0, 0.1) is 0 Å². The van der Waals surface area contributed by atoms with Gasteiger partial charge in [-0.25, -0.2) is 0 Å². The van der Waals surface area contributed by atoms with Gasteiger partial charge in [0, 0.05) is 12.2 Å². The minimum absolute atomic E-state index is 0.431. The molecule has 1 heterocycles. The summed E-state index contributed by atoms with van der Waals surface area (Å²) in [6, 6.07) is 7.10. The van der Waals surface area contributed by atoms with E-state index in [9.17, 15) is 9.59 Å². The number of rotatable bonds is 3. The smallest absolute Gasteiger partial charge is 0.274 e. The zero-order chi connectivity index (χ0) is 12.3. The highest BCUT2D eigenvalue weighted by Crippen LogP contribution is 2.10. The first kappa shape index (κ1) is 11.1. The van der Waals surface area contributed by atoms with Crippen molar-refractivity contribution in [2.45, 2.75) is 0 Å². The molecule has 86 valence electrons. The van der Waals surface area contributed by atoms with Crippen LogP contribution in [0.15, 0.2) is 41.5 Å². The Hall–Kier alpha value is -2.43. The van der Waals surface area contributed by atoms with Crippen molar-refractivity contribution in [1.82, 2.24) is 5.01 Å². The van der Waals surface area contributed by atoms with Crippen LogP contribution in [0.1, 0.15) is 5.56 Å². The molecule has 0 unspecified atom stereocenters. The highest BCUT2D eigenvalue weighted by Gasteiger charge is 2.22. The van der Waals surface area contributed by atoms with Crippen molar-refractivity contribution in [3.63, 3.8) is 0 Å². The van der Waals surface area contributed by atoms with Crippen LogP contribution in [-0.2, 0) is 9.59 Å². The van der Waals surface area contributed by atoms with Crippen molar-refractivity contribution in [3.05, 3.63) is 42.0 Å². The van der Waals surface area contributed by atoms with Crippen molar-refractivity contribution < 1.29 is 14.3 Å². The number of hydrogen-bond acceptors (Lipinski definition) is 4. The monoisotopic (exact) mass is 230 g/mol. The van der Waals surface area contributed by atoms with E-state index < -0.39 is 11.8 Å². The lowest BCUT2D eigenvalue weighted by atomic mass is 10.2. The molecule has 2 rings (SSSR count). The molecule has 1 aromatic carbocycles. The number of carbonyl (C=O) groups excluding carboxylic acids is 2. The van der Waals surface area contributed by atoms with E-state index in [1.165, 1.54) is 18.4 Å². The summed E-state index contributed by atoms with van der Waals surface area (Å²) in [6.45, 7) is 0. The highest BCUT2D eigenvalue weighted by atomic mass is 16.5. The molecule has 1 aliphatic heterocycles. The zero-order valence-electron chi connectivity index (χ0n) is 9.16. The Morgan fingerprint density at radius 2 is 1.71 bits per heavy atom. The fourth-order valence-corrected chi connectivity index (χ4v) is 1.32. The average molecular weight is 230 g/mol. The van der Waals surface area contributed by atoms with Crippen molar-refractivity contribution in [2.75, 3.05) is 7.11 Å². The summed E-state index contributed by atoms with van der Waals surface area (Å²) >= 11 is 0. The molecule has 5 nitrogen and oxygen atoms in total. The van der Waals surface area contributed by atoms with Crippen LogP contribution in [-0.4, -0.2) is 30.1 Å². The summed E-state index contributed by atoms with van der Waals surface area (Å²) in [7, 11) is 1.58. The number of methoxy groups -OCH3 is 1. The number of ether oxygens (including phenoxy) is 1. The van der Waals surface area contributed by atoms with Crippen molar-refractivity contribution in [2.24, 2.45) is 5.10 Å². The quantitative estimate of drug-likeness (QED) is 0.574. The lowest BCUT2D eigenvalue weighted by Gasteiger charge is -2.05. The van der Waals surface area contributed by atoms with Crippen molar-refractivity contribution in [1.29, 1.82) is 0 Å². The maximum Gasteiger partial charge on any atom is 0.274 e. The van der Waals surface area contributed by atoms with Gasteiger partial charge in [-0.3, -0.25) is 9.59 Å². The Morgan fingerprint density at radius 1 is 1.12 bits per heavy atom. The average Bonchev–Trinajstić information content (AvgIpc) is 2.67. The van der Waals surface area contributed by atoms with Crippen LogP contribution in [0.25, 0.3) is 0 Å². The molecular weight excluding hydrogens is 220 g/mol. The van der Waals surface area contributed by atoms with Crippen LogP contribution >= 0.6 is 0 Å². The van der Waals surface area contributed by atoms with Crippen LogP contribution in [0.4, 0.5) is 0 Å². The molecule has 0 aromatic heterocycles. The maximum absolute atomic E-state index is 11.2. The molecule has 0 aliphatic carbocycles. The standard InChI is InChI=1S/C12H10N2O3/c1-17-10-4-2-9(3-5-10)8-13-14-11(15)6-7-12(14)16/h2-8H,1H3/b13-8+. The number of amides is 2. The fraction of sp³-hybridized carbons (Fsp3) is 0.0833. The summed E-state index contributed by atoms with van der Waals surface area (Å²) in [5.74, 6) is -0.128. The largest absolute Gasteiger partial charge is 0.497 e. The molecule has 0 saturated heterocycles. The molecule has 0 saturated carbocycles. The Labute approximate surface area is 98.0 Å². The van der Waals surface area contributed by atoms with Crippen LogP contribution in [0.5, 0.6) is 5.75 Å². The van der Waals surface area contributed by atoms with Crippen LogP contribution in [0.2, 0.25) is 0 Å². The van der Waals surface area contributed by atoms with Gasteiger partial charge in [-0.1, -0.05) is 0 Å². The number of hydrazone groups is 1. The van der Waals surface area contributed by atoms with Gasteiger partial charge < -0.3 is 4.74 Å². The first-order chi connectivity index (χ1) is 8.20. The van der Waals surface area contributed by atoms with Gasteiger partial charge in [0.25, 0.3) is 11.8 Å². The summed E-state index contributed by atoms with van der Waals surface area (Å²) in [4.78, 5) is 22.4. The number of benzene rings is 1. The summed E-state index contributed by atoms with van der Waals surface area (Å²) in [6.07, 6.45) is 3.82. The molecule has 0 atom stereocenters. The van der Waals surface area contributed by atoms with E-state index >= 15 is 0 Å². The Kier molecular flexibility index (Phi) is 3.00. The van der Waals surface area contributed by atoms with Gasteiger partial charge in [-0.15, -0.1) is 0 Å². The molecule has 2 amide bonds. The first-order valence-corrected chi connectivity index (χ1v) is 4.95. The molecule has 0 N–H and O–H groups in total. The number of carbonyl (C=O) groups is 2. The topological polar surface area (TPSA) is 59.0 Å². The summed E-state index contributed by atoms with van der Waals surface area (Å²) in [5, 5.41) is 4.63.